The molecule has 0 saturated carbocycles. The van der Waals surface area contributed by atoms with E-state index < -0.39 is 57.7 Å². The molecule has 98 valence electrons. The summed E-state index contributed by atoms with van der Waals surface area (Å²) in [6.07, 6.45) is -7.21. The van der Waals surface area contributed by atoms with Crippen molar-refractivity contribution in [3.63, 3.8) is 0 Å². The van der Waals surface area contributed by atoms with Gasteiger partial charge in [-0.2, -0.15) is 0 Å². The first-order chi connectivity index (χ1) is 7.19. The van der Waals surface area contributed by atoms with Gasteiger partial charge in [0.05, 0.1) is 0 Å². The van der Waals surface area contributed by atoms with E-state index in [1.165, 1.54) is 0 Å². The van der Waals surface area contributed by atoms with Crippen LogP contribution < -0.4 is 0 Å². The maximum atomic E-state index is 10.3. The van der Waals surface area contributed by atoms with Gasteiger partial charge in [-0.15, -0.1) is 0 Å². The predicted octanol–water partition coefficient (Wildman–Crippen LogP) is -4.71. The Morgan fingerprint density at radius 3 is 1.81 bits per heavy atom. The van der Waals surface area contributed by atoms with Crippen LogP contribution in [0.1, 0.15) is 0 Å². The third-order valence-electron chi connectivity index (χ3n) is 1.74. The van der Waals surface area contributed by atoms with Gasteiger partial charge in [-0.1, -0.05) is 0 Å². The summed E-state index contributed by atoms with van der Waals surface area (Å²) in [5.41, 5.74) is 0. The van der Waals surface area contributed by atoms with E-state index in [1.807, 2.05) is 0 Å². The summed E-state index contributed by atoms with van der Waals surface area (Å²) in [6.45, 7) is -1.73. The molecule has 0 bridgehead atoms. The summed E-state index contributed by atoms with van der Waals surface area (Å²) < 4.78 is 31.1. The molecule has 0 unspecified atom stereocenters. The van der Waals surface area contributed by atoms with Gasteiger partial charge in [-0.3, -0.25) is 0 Å². The van der Waals surface area contributed by atoms with Crippen molar-refractivity contribution in [2.45, 2.75) is 24.4 Å². The minimum atomic E-state index is -5.64. The molecule has 9 nitrogen and oxygen atoms in total. The standard InChI is InChI=1S/C6H13O6.2H2O.O.Sb/c7-1-3(9)5(11)6(12)4(10)2-8;;;;/h3-7,9-12H,1-2H2;2*1H2;;/q-1;;;;+3/p-2/t3-,4-,5-,6-;;;;/m1..../s1. The van der Waals surface area contributed by atoms with E-state index in [0.717, 1.165) is 0 Å². The molecule has 7 N–H and O–H groups in total. The third-order valence-corrected chi connectivity index (χ3v) is 3.12. The average molecular weight is 353 g/mol. The van der Waals surface area contributed by atoms with E-state index in [1.54, 1.807) is 0 Å². The molecular formula is C6H15O9Sb. The number of aliphatic hydroxyl groups is 5. The Balaban J connectivity index is 4.17. The topological polar surface area (TPSA) is 168 Å². The molecule has 0 heterocycles. The van der Waals surface area contributed by atoms with Crippen molar-refractivity contribution in [2.75, 3.05) is 13.2 Å². The van der Waals surface area contributed by atoms with Gasteiger partial charge in [0.15, 0.2) is 0 Å². The molecule has 16 heavy (non-hydrogen) atoms. The van der Waals surface area contributed by atoms with Gasteiger partial charge in [-0.05, 0) is 0 Å². The second kappa shape index (κ2) is 6.89. The molecule has 0 aliphatic rings. The number of hydrogen-bond donors (Lipinski definition) is 7. The van der Waals surface area contributed by atoms with Crippen molar-refractivity contribution in [1.82, 2.24) is 0 Å². The molecule has 0 spiro atoms. The molecule has 0 aliphatic carbocycles. The van der Waals surface area contributed by atoms with Gasteiger partial charge in [-0.25, -0.2) is 0 Å². The molecule has 0 fully saturated rings. The number of hydrogen-bond acceptors (Lipinski definition) is 7. The van der Waals surface area contributed by atoms with Crippen LogP contribution in [0.5, 0.6) is 0 Å². The van der Waals surface area contributed by atoms with Gasteiger partial charge in [0.1, 0.15) is 0 Å². The molecular weight excluding hydrogens is 338 g/mol. The number of aliphatic hydroxyl groups excluding tert-OH is 5. The van der Waals surface area contributed by atoms with Gasteiger partial charge in [0, 0.05) is 0 Å². The van der Waals surface area contributed by atoms with Gasteiger partial charge >= 0.3 is 96.0 Å². The average Bonchev–Trinajstić information content (AvgIpc) is 2.21. The van der Waals surface area contributed by atoms with Crippen LogP contribution in [0.4, 0.5) is 0 Å². The van der Waals surface area contributed by atoms with E-state index in [2.05, 4.69) is 3.02 Å². The Hall–Kier alpha value is 0.298. The van der Waals surface area contributed by atoms with Crippen molar-refractivity contribution in [2.24, 2.45) is 0 Å². The van der Waals surface area contributed by atoms with Crippen LogP contribution in [-0.4, -0.2) is 90.0 Å². The van der Waals surface area contributed by atoms with Crippen molar-refractivity contribution < 1.29 is 38.3 Å². The third kappa shape index (κ3) is 6.14. The molecule has 4 atom stereocenters. The molecule has 0 aromatic heterocycles. The summed E-state index contributed by atoms with van der Waals surface area (Å²) in [7, 11) is 0. The van der Waals surface area contributed by atoms with E-state index >= 15 is 0 Å². The molecule has 0 aliphatic heterocycles. The fourth-order valence-corrected chi connectivity index (χ4v) is 1.83. The molecule has 0 radical (unpaired) electrons. The monoisotopic (exact) mass is 352 g/mol. The van der Waals surface area contributed by atoms with Crippen molar-refractivity contribution in [3.05, 3.63) is 0 Å². The molecule has 0 saturated heterocycles. The van der Waals surface area contributed by atoms with Crippen LogP contribution in [0.3, 0.4) is 0 Å². The predicted molar refractivity (Wildman–Crippen MR) is 47.9 cm³/mol. The van der Waals surface area contributed by atoms with E-state index in [4.69, 9.17) is 27.2 Å². The Morgan fingerprint density at radius 1 is 1.00 bits per heavy atom. The first-order valence-corrected chi connectivity index (χ1v) is 8.59. The Morgan fingerprint density at radius 2 is 1.44 bits per heavy atom. The van der Waals surface area contributed by atoms with Crippen LogP contribution in [-0.2, 0) is 6.03 Å². The summed E-state index contributed by atoms with van der Waals surface area (Å²) in [5.74, 6) is 0. The maximum absolute atomic E-state index is 10.3. The van der Waals surface area contributed by atoms with Crippen LogP contribution in [0.15, 0.2) is 0 Å². The van der Waals surface area contributed by atoms with Crippen molar-refractivity contribution in [3.8, 4) is 0 Å². The minimum absolute atomic E-state index is 0.837. The SMILES string of the molecule is [O]=[Sb]([OH])([OH])[O]C[C@@H](O)[C@@H](O)[C@H](O)[C@H](O)CO. The fraction of sp³-hybridized carbons (Fsp3) is 1.00. The van der Waals surface area contributed by atoms with Crippen LogP contribution in [0.2, 0.25) is 0 Å². The Labute approximate surface area is 96.2 Å². The molecule has 0 aromatic rings. The first-order valence-electron chi connectivity index (χ1n) is 4.22. The summed E-state index contributed by atoms with van der Waals surface area (Å²) in [5, 5.41) is 44.8. The Kier molecular flexibility index (Phi) is 7.02. The second-order valence-corrected chi connectivity index (χ2v) is 6.62. The van der Waals surface area contributed by atoms with Gasteiger partial charge in [0.25, 0.3) is 0 Å². The zero-order chi connectivity index (χ0) is 12.9. The second-order valence-electron chi connectivity index (χ2n) is 3.08. The summed E-state index contributed by atoms with van der Waals surface area (Å²) >= 11 is -5.64. The van der Waals surface area contributed by atoms with E-state index in [-0.39, 0.29) is 0 Å². The first kappa shape index (κ1) is 16.3. The quantitative estimate of drug-likeness (QED) is 0.222. The Bertz CT molecular complexity index is 240. The van der Waals surface area contributed by atoms with Gasteiger partial charge < -0.3 is 0 Å². The van der Waals surface area contributed by atoms with Gasteiger partial charge in [0.2, 0.25) is 0 Å². The molecule has 0 rings (SSSR count). The zero-order valence-corrected chi connectivity index (χ0v) is 10.7. The van der Waals surface area contributed by atoms with Crippen molar-refractivity contribution in [1.29, 1.82) is 0 Å². The van der Waals surface area contributed by atoms with Crippen molar-refractivity contribution >= 4 is 20.1 Å². The fourth-order valence-electron chi connectivity index (χ4n) is 0.835. The summed E-state index contributed by atoms with van der Waals surface area (Å²) in [4.78, 5) is 0. The molecule has 0 aromatic carbocycles. The van der Waals surface area contributed by atoms with Crippen LogP contribution >= 0.6 is 0 Å². The van der Waals surface area contributed by atoms with E-state index in [9.17, 15) is 8.12 Å². The zero-order valence-electron chi connectivity index (χ0n) is 8.12. The van der Waals surface area contributed by atoms with E-state index in [0.29, 0.717) is 0 Å². The van der Waals surface area contributed by atoms with Crippen LogP contribution in [0, 0.1) is 0 Å². The number of rotatable bonds is 7. The normalized spacial score (nSPS) is 20.2. The molecule has 0 amide bonds. The molecule has 10 heteroatoms. The summed E-state index contributed by atoms with van der Waals surface area (Å²) in [6, 6.07) is 0. The van der Waals surface area contributed by atoms with Crippen LogP contribution in [0.25, 0.3) is 0 Å².